The van der Waals surface area contributed by atoms with E-state index in [0.29, 0.717) is 50.6 Å². The number of hydrogen-bond acceptors (Lipinski definition) is 5. The molecule has 148 valence electrons. The molecule has 1 unspecified atom stereocenters. The van der Waals surface area contributed by atoms with Crippen LogP contribution in [0, 0.1) is 5.92 Å². The van der Waals surface area contributed by atoms with Crippen LogP contribution in [0.4, 0.5) is 0 Å². The van der Waals surface area contributed by atoms with Gasteiger partial charge in [0.15, 0.2) is 11.5 Å². The summed E-state index contributed by atoms with van der Waals surface area (Å²) < 4.78 is 16.0. The van der Waals surface area contributed by atoms with Gasteiger partial charge in [-0.2, -0.15) is 0 Å². The van der Waals surface area contributed by atoms with Crippen molar-refractivity contribution >= 4 is 11.8 Å². The van der Waals surface area contributed by atoms with Gasteiger partial charge in [-0.05, 0) is 43.4 Å². The van der Waals surface area contributed by atoms with Crippen LogP contribution in [-0.2, 0) is 20.9 Å². The van der Waals surface area contributed by atoms with Crippen LogP contribution in [0.2, 0.25) is 0 Å². The van der Waals surface area contributed by atoms with E-state index in [1.54, 1.807) is 14.2 Å². The van der Waals surface area contributed by atoms with Crippen LogP contribution in [0.25, 0.3) is 0 Å². The van der Waals surface area contributed by atoms with E-state index in [-0.39, 0.29) is 23.8 Å². The summed E-state index contributed by atoms with van der Waals surface area (Å²) in [6, 6.07) is 5.60. The molecule has 1 atom stereocenters. The predicted molar refractivity (Wildman–Crippen MR) is 99.7 cm³/mol. The molecule has 0 saturated carbocycles. The first kappa shape index (κ1) is 19.5. The predicted octanol–water partition coefficient (Wildman–Crippen LogP) is 1.74. The van der Waals surface area contributed by atoms with Gasteiger partial charge in [-0.15, -0.1) is 0 Å². The molecule has 2 saturated heterocycles. The molecule has 2 aliphatic heterocycles. The zero-order chi connectivity index (χ0) is 19.2. The van der Waals surface area contributed by atoms with Gasteiger partial charge in [-0.25, -0.2) is 0 Å². The fourth-order valence-corrected chi connectivity index (χ4v) is 3.66. The molecular weight excluding hydrogens is 348 g/mol. The highest BCUT2D eigenvalue weighted by Gasteiger charge is 2.32. The second-order valence-electron chi connectivity index (χ2n) is 7.01. The van der Waals surface area contributed by atoms with Crippen molar-refractivity contribution in [3.63, 3.8) is 0 Å². The Hall–Kier alpha value is -2.28. The van der Waals surface area contributed by atoms with Crippen LogP contribution in [0.5, 0.6) is 11.5 Å². The number of likely N-dealkylation sites (tertiary alicyclic amines) is 1. The van der Waals surface area contributed by atoms with E-state index in [1.807, 2.05) is 23.1 Å². The number of carbonyl (C=O) groups is 2. The molecule has 2 aliphatic rings. The molecule has 1 aromatic carbocycles. The summed E-state index contributed by atoms with van der Waals surface area (Å²) in [6.45, 7) is 2.35. The Morgan fingerprint density at radius 3 is 2.52 bits per heavy atom. The van der Waals surface area contributed by atoms with Crippen LogP contribution < -0.4 is 14.8 Å². The number of methoxy groups -OCH3 is 2. The van der Waals surface area contributed by atoms with Gasteiger partial charge in [0.05, 0.1) is 14.2 Å². The molecule has 0 aliphatic carbocycles. The third-order valence-electron chi connectivity index (χ3n) is 5.30. The quantitative estimate of drug-likeness (QED) is 0.818. The van der Waals surface area contributed by atoms with Gasteiger partial charge in [0.25, 0.3) is 5.91 Å². The molecule has 0 spiro atoms. The first-order valence-electron chi connectivity index (χ1n) is 9.51. The summed E-state index contributed by atoms with van der Waals surface area (Å²) in [4.78, 5) is 26.7. The van der Waals surface area contributed by atoms with Crippen molar-refractivity contribution in [3.8, 4) is 11.5 Å². The molecule has 7 nitrogen and oxygen atoms in total. The lowest BCUT2D eigenvalue weighted by Gasteiger charge is -2.32. The normalized spacial score (nSPS) is 20.4. The Morgan fingerprint density at radius 1 is 1.15 bits per heavy atom. The number of rotatable bonds is 6. The molecule has 1 aromatic rings. The summed E-state index contributed by atoms with van der Waals surface area (Å²) >= 11 is 0. The van der Waals surface area contributed by atoms with Crippen molar-refractivity contribution in [1.29, 1.82) is 0 Å². The first-order chi connectivity index (χ1) is 13.1. The smallest absolute Gasteiger partial charge is 0.251 e. The lowest BCUT2D eigenvalue weighted by Crippen LogP contribution is -2.46. The summed E-state index contributed by atoms with van der Waals surface area (Å²) in [6.07, 6.45) is 2.86. The Kier molecular flexibility index (Phi) is 6.55. The second-order valence-corrected chi connectivity index (χ2v) is 7.01. The van der Waals surface area contributed by atoms with Crippen molar-refractivity contribution < 1.29 is 23.8 Å². The maximum Gasteiger partial charge on any atom is 0.251 e. The van der Waals surface area contributed by atoms with E-state index >= 15 is 0 Å². The minimum Gasteiger partial charge on any atom is -0.493 e. The van der Waals surface area contributed by atoms with Gasteiger partial charge in [-0.3, -0.25) is 9.59 Å². The van der Waals surface area contributed by atoms with Gasteiger partial charge in [-0.1, -0.05) is 6.07 Å². The second kappa shape index (κ2) is 9.08. The summed E-state index contributed by atoms with van der Waals surface area (Å²) in [7, 11) is 3.18. The number of nitrogens with one attached hydrogen (secondary N) is 1. The van der Waals surface area contributed by atoms with Crippen LogP contribution in [0.1, 0.15) is 31.2 Å². The topological polar surface area (TPSA) is 77.1 Å². The lowest BCUT2D eigenvalue weighted by molar-refractivity contribution is -0.143. The third-order valence-corrected chi connectivity index (χ3v) is 5.30. The molecule has 3 rings (SSSR count). The highest BCUT2D eigenvalue weighted by molar-refractivity contribution is 5.82. The molecule has 1 N–H and O–H groups in total. The largest absolute Gasteiger partial charge is 0.493 e. The maximum atomic E-state index is 12.5. The molecule has 0 bridgehead atoms. The van der Waals surface area contributed by atoms with Crippen LogP contribution >= 0.6 is 0 Å². The SMILES string of the molecule is COc1ccc(CNC(=O)C2CCN(C(=O)C3CCCO3)CC2)cc1OC. The zero-order valence-electron chi connectivity index (χ0n) is 16.0. The number of amides is 2. The standard InChI is InChI=1S/C20H28N2O5/c1-25-16-6-5-14(12-18(16)26-2)13-21-19(23)15-7-9-22(10-8-15)20(24)17-4-3-11-27-17/h5-6,12,15,17H,3-4,7-11,13H2,1-2H3,(H,21,23). The lowest BCUT2D eigenvalue weighted by atomic mass is 9.95. The summed E-state index contributed by atoms with van der Waals surface area (Å²) in [5.74, 6) is 1.37. The molecule has 7 heteroatoms. The van der Waals surface area contributed by atoms with Gasteiger partial charge in [0.1, 0.15) is 6.10 Å². The maximum absolute atomic E-state index is 12.5. The van der Waals surface area contributed by atoms with E-state index in [1.165, 1.54) is 0 Å². The van der Waals surface area contributed by atoms with E-state index in [2.05, 4.69) is 5.32 Å². The van der Waals surface area contributed by atoms with E-state index in [4.69, 9.17) is 14.2 Å². The van der Waals surface area contributed by atoms with Crippen molar-refractivity contribution in [2.45, 2.75) is 38.3 Å². The van der Waals surface area contributed by atoms with E-state index in [9.17, 15) is 9.59 Å². The van der Waals surface area contributed by atoms with Crippen molar-refractivity contribution in [2.24, 2.45) is 5.92 Å². The molecular formula is C20H28N2O5. The fraction of sp³-hybridized carbons (Fsp3) is 0.600. The number of piperidine rings is 1. The summed E-state index contributed by atoms with van der Waals surface area (Å²) in [5.41, 5.74) is 0.951. The fourth-order valence-electron chi connectivity index (χ4n) is 3.66. The van der Waals surface area contributed by atoms with Gasteiger partial charge in [0, 0.05) is 32.2 Å². The molecule has 2 heterocycles. The van der Waals surface area contributed by atoms with Crippen molar-refractivity contribution in [3.05, 3.63) is 23.8 Å². The Bertz CT molecular complexity index is 664. The third kappa shape index (κ3) is 4.71. The first-order valence-corrected chi connectivity index (χ1v) is 9.51. The monoisotopic (exact) mass is 376 g/mol. The number of nitrogens with zero attached hydrogens (tertiary/aromatic N) is 1. The number of carbonyl (C=O) groups excluding carboxylic acids is 2. The van der Waals surface area contributed by atoms with E-state index in [0.717, 1.165) is 18.4 Å². The Balaban J connectivity index is 1.46. The van der Waals surface area contributed by atoms with Crippen molar-refractivity contribution in [2.75, 3.05) is 33.9 Å². The highest BCUT2D eigenvalue weighted by atomic mass is 16.5. The van der Waals surface area contributed by atoms with E-state index < -0.39 is 0 Å². The average Bonchev–Trinajstić information content (AvgIpc) is 3.26. The molecule has 0 radical (unpaired) electrons. The summed E-state index contributed by atoms with van der Waals surface area (Å²) in [5, 5.41) is 2.99. The molecule has 2 amide bonds. The Labute approximate surface area is 160 Å². The van der Waals surface area contributed by atoms with Gasteiger partial charge in [0.2, 0.25) is 5.91 Å². The van der Waals surface area contributed by atoms with Gasteiger partial charge >= 0.3 is 0 Å². The molecule has 27 heavy (non-hydrogen) atoms. The minimum absolute atomic E-state index is 0.0361. The molecule has 0 aromatic heterocycles. The van der Waals surface area contributed by atoms with Crippen LogP contribution in [0.3, 0.4) is 0 Å². The number of ether oxygens (including phenoxy) is 3. The molecule has 2 fully saturated rings. The van der Waals surface area contributed by atoms with Crippen LogP contribution in [0.15, 0.2) is 18.2 Å². The average molecular weight is 376 g/mol. The number of hydrogen-bond donors (Lipinski definition) is 1. The highest BCUT2D eigenvalue weighted by Crippen LogP contribution is 2.27. The zero-order valence-corrected chi connectivity index (χ0v) is 16.0. The number of benzene rings is 1. The van der Waals surface area contributed by atoms with Gasteiger partial charge < -0.3 is 24.4 Å². The van der Waals surface area contributed by atoms with Crippen molar-refractivity contribution in [1.82, 2.24) is 10.2 Å². The van der Waals surface area contributed by atoms with Crippen LogP contribution in [-0.4, -0.2) is 56.7 Å². The minimum atomic E-state index is -0.277. The Morgan fingerprint density at radius 2 is 1.89 bits per heavy atom.